The smallest absolute Gasteiger partial charge is 0.325 e. The van der Waals surface area contributed by atoms with Gasteiger partial charge < -0.3 is 9.47 Å². The van der Waals surface area contributed by atoms with Crippen LogP contribution in [0.4, 0.5) is 0 Å². The van der Waals surface area contributed by atoms with Gasteiger partial charge in [-0.3, -0.25) is 9.59 Å². The maximum atomic E-state index is 12.8. The minimum Gasteiger partial charge on any atom is -0.468 e. The Morgan fingerprint density at radius 1 is 0.909 bits per heavy atom. The molecular weight excluding hydrogens is 316 g/mol. The van der Waals surface area contributed by atoms with Crippen LogP contribution in [0.1, 0.15) is 0 Å². The molecule has 0 radical (unpaired) electrons. The number of nitrogens with zero attached hydrogens (tertiary/aromatic N) is 2. The number of rotatable bonds is 4. The fraction of sp³-hybridized carbons (Fsp3) is 0.857. The summed E-state index contributed by atoms with van der Waals surface area (Å²) in [6.07, 6.45) is 0. The van der Waals surface area contributed by atoms with Crippen molar-refractivity contribution < 1.29 is 19.1 Å². The van der Waals surface area contributed by atoms with Crippen LogP contribution in [0.15, 0.2) is 10.2 Å². The predicted molar refractivity (Wildman–Crippen MR) is 88.3 cm³/mol. The molecule has 0 aromatic rings. The Bertz CT molecular complexity index is 548. The maximum absolute atomic E-state index is 12.8. The molecular formula is C14H26N2O4Si2. The Labute approximate surface area is 133 Å². The van der Waals surface area contributed by atoms with Crippen molar-refractivity contribution in [2.24, 2.45) is 15.6 Å². The number of azo groups is 1. The zero-order chi connectivity index (χ0) is 17.2. The fourth-order valence-electron chi connectivity index (χ4n) is 4.98. The number of methoxy groups -OCH3 is 2. The third kappa shape index (κ3) is 1.41. The van der Waals surface area contributed by atoms with Gasteiger partial charge in [0.15, 0.2) is 5.41 Å². The first-order valence-electron chi connectivity index (χ1n) is 7.48. The van der Waals surface area contributed by atoms with Gasteiger partial charge in [-0.05, 0) is 0 Å². The third-order valence-corrected chi connectivity index (χ3v) is 12.4. The summed E-state index contributed by atoms with van der Waals surface area (Å²) in [6, 6.07) is 0. The average molecular weight is 343 g/mol. The molecule has 0 N–H and O–H groups in total. The third-order valence-electron chi connectivity index (χ3n) is 5.62. The molecule has 2 unspecified atom stereocenters. The van der Waals surface area contributed by atoms with Gasteiger partial charge in [0.25, 0.3) is 0 Å². The van der Waals surface area contributed by atoms with Crippen molar-refractivity contribution in [1.82, 2.24) is 0 Å². The van der Waals surface area contributed by atoms with E-state index in [4.69, 9.17) is 9.47 Å². The molecule has 1 saturated carbocycles. The summed E-state index contributed by atoms with van der Waals surface area (Å²) in [5, 5.41) is 7.57. The van der Waals surface area contributed by atoms with Crippen molar-refractivity contribution in [3.8, 4) is 0 Å². The van der Waals surface area contributed by atoms with E-state index in [-0.39, 0.29) is 0 Å². The summed E-state index contributed by atoms with van der Waals surface area (Å²) in [5.41, 5.74) is -1.32. The highest BCUT2D eigenvalue weighted by molar-refractivity contribution is 6.91. The van der Waals surface area contributed by atoms with E-state index < -0.39 is 43.7 Å². The van der Waals surface area contributed by atoms with E-state index in [0.29, 0.717) is 6.54 Å². The Hall–Kier alpha value is -1.03. The zero-order valence-electron chi connectivity index (χ0n) is 14.7. The molecule has 22 heavy (non-hydrogen) atoms. The number of fused-ring (bicyclic) bond motifs is 1. The summed E-state index contributed by atoms with van der Waals surface area (Å²) in [4.78, 5) is 25.7. The van der Waals surface area contributed by atoms with Crippen LogP contribution < -0.4 is 0 Å². The largest absolute Gasteiger partial charge is 0.468 e. The summed E-state index contributed by atoms with van der Waals surface area (Å²) >= 11 is 0. The molecule has 2 rings (SSSR count). The van der Waals surface area contributed by atoms with E-state index in [1.165, 1.54) is 14.2 Å². The maximum Gasteiger partial charge on any atom is 0.325 e. The second kappa shape index (κ2) is 4.50. The molecule has 1 fully saturated rings. The normalized spacial score (nSPS) is 32.4. The van der Waals surface area contributed by atoms with Crippen molar-refractivity contribution in [2.45, 2.75) is 49.5 Å². The van der Waals surface area contributed by atoms with Crippen LogP contribution in [0.25, 0.3) is 0 Å². The first kappa shape index (κ1) is 17.3. The molecule has 0 aromatic carbocycles. The van der Waals surface area contributed by atoms with Gasteiger partial charge in [0.05, 0.1) is 36.9 Å². The van der Waals surface area contributed by atoms with Gasteiger partial charge in [0.1, 0.15) is 5.16 Å². The van der Waals surface area contributed by atoms with Crippen LogP contribution in [-0.4, -0.2) is 54.0 Å². The Morgan fingerprint density at radius 3 is 1.64 bits per heavy atom. The predicted octanol–water partition coefficient (Wildman–Crippen LogP) is 2.49. The number of carbonyl (C=O) groups excluding carboxylic acids is 2. The molecule has 1 aliphatic heterocycles. The van der Waals surface area contributed by atoms with E-state index in [1.54, 1.807) is 0 Å². The summed E-state index contributed by atoms with van der Waals surface area (Å²) in [7, 11) is -1.43. The molecule has 0 saturated heterocycles. The van der Waals surface area contributed by atoms with Gasteiger partial charge in [-0.15, -0.1) is 0 Å². The highest BCUT2D eigenvalue weighted by Crippen LogP contribution is 2.88. The molecule has 0 bridgehead atoms. The molecule has 0 spiro atoms. The molecule has 1 aliphatic carbocycles. The molecule has 0 amide bonds. The van der Waals surface area contributed by atoms with Gasteiger partial charge in [-0.2, -0.15) is 10.2 Å². The average Bonchev–Trinajstić information content (AvgIpc) is 2.74. The van der Waals surface area contributed by atoms with Gasteiger partial charge in [0, 0.05) is 5.04 Å². The number of ether oxygens (including phenoxy) is 2. The molecule has 124 valence electrons. The van der Waals surface area contributed by atoms with Gasteiger partial charge >= 0.3 is 11.9 Å². The van der Waals surface area contributed by atoms with Gasteiger partial charge in [-0.1, -0.05) is 39.3 Å². The lowest BCUT2D eigenvalue weighted by molar-refractivity contribution is -0.162. The Morgan fingerprint density at radius 2 is 1.36 bits per heavy atom. The van der Waals surface area contributed by atoms with E-state index in [0.717, 1.165) is 0 Å². The van der Waals surface area contributed by atoms with Crippen molar-refractivity contribution >= 4 is 28.1 Å². The van der Waals surface area contributed by atoms with Crippen molar-refractivity contribution in [2.75, 3.05) is 20.8 Å². The number of carbonyl (C=O) groups is 2. The lowest BCUT2D eigenvalue weighted by atomic mass is 10.0. The van der Waals surface area contributed by atoms with Crippen molar-refractivity contribution in [1.29, 1.82) is 0 Å². The first-order chi connectivity index (χ1) is 9.92. The topological polar surface area (TPSA) is 77.3 Å². The Balaban J connectivity index is 2.86. The number of hydrogen-bond acceptors (Lipinski definition) is 6. The molecule has 0 aromatic heterocycles. The highest BCUT2D eigenvalue weighted by Gasteiger charge is 3.02. The van der Waals surface area contributed by atoms with Crippen LogP contribution in [0.2, 0.25) is 44.3 Å². The fourth-order valence-corrected chi connectivity index (χ4v) is 14.1. The lowest BCUT2D eigenvalue weighted by Crippen LogP contribution is -2.49. The number of hydrogen-bond donors (Lipinski definition) is 0. The Kier molecular flexibility index (Phi) is 3.54. The second-order valence-corrected chi connectivity index (χ2v) is 18.8. The molecule has 8 heteroatoms. The SMILES string of the molecule is COC(=O)C1(C(=O)OC)C2([Si](C)(C)C)CN=NC12[Si](C)(C)C. The zero-order valence-corrected chi connectivity index (χ0v) is 16.7. The van der Waals surface area contributed by atoms with Crippen molar-refractivity contribution in [3.05, 3.63) is 0 Å². The second-order valence-electron chi connectivity index (χ2n) is 8.25. The van der Waals surface area contributed by atoms with Crippen LogP contribution in [0, 0.1) is 5.41 Å². The summed E-state index contributed by atoms with van der Waals surface area (Å²) in [6.45, 7) is 13.3. The van der Waals surface area contributed by atoms with Gasteiger partial charge in [-0.25, -0.2) is 0 Å². The highest BCUT2D eigenvalue weighted by atomic mass is 28.3. The van der Waals surface area contributed by atoms with Crippen LogP contribution in [-0.2, 0) is 19.1 Å². The van der Waals surface area contributed by atoms with E-state index in [1.807, 2.05) is 0 Å². The molecule has 6 nitrogen and oxygen atoms in total. The van der Waals surface area contributed by atoms with E-state index in [2.05, 4.69) is 49.5 Å². The minimum atomic E-state index is -2.08. The molecule has 2 atom stereocenters. The summed E-state index contributed by atoms with van der Waals surface area (Å²) in [5.74, 6) is -1.02. The van der Waals surface area contributed by atoms with Gasteiger partial charge in [0.2, 0.25) is 0 Å². The molecule has 2 aliphatic rings. The quantitative estimate of drug-likeness (QED) is 0.447. The lowest BCUT2D eigenvalue weighted by Gasteiger charge is -2.32. The monoisotopic (exact) mass is 342 g/mol. The minimum absolute atomic E-state index is 0.414. The summed E-state index contributed by atoms with van der Waals surface area (Å²) < 4.78 is 10.2. The standard InChI is InChI=1S/C14H26N2O4Si2/c1-19-10(17)13(11(18)20-2)12(21(3,4)5)9-15-16-14(12,13)22(6,7)8/h9H2,1-8H3. The van der Waals surface area contributed by atoms with E-state index >= 15 is 0 Å². The van der Waals surface area contributed by atoms with Crippen LogP contribution in [0.5, 0.6) is 0 Å². The number of esters is 2. The first-order valence-corrected chi connectivity index (χ1v) is 14.5. The van der Waals surface area contributed by atoms with Crippen molar-refractivity contribution in [3.63, 3.8) is 0 Å². The van der Waals surface area contributed by atoms with E-state index in [9.17, 15) is 9.59 Å². The molecule has 1 heterocycles. The van der Waals surface area contributed by atoms with Crippen LogP contribution in [0.3, 0.4) is 0 Å². The van der Waals surface area contributed by atoms with Crippen LogP contribution >= 0.6 is 0 Å².